The molecule has 0 aliphatic carbocycles. The number of carbonyl (C=O) groups is 1. The second-order valence-electron chi connectivity index (χ2n) is 5.31. The molecule has 5 heteroatoms. The Bertz CT molecular complexity index is 593. The van der Waals surface area contributed by atoms with Crippen LogP contribution in [0.5, 0.6) is 0 Å². The summed E-state index contributed by atoms with van der Waals surface area (Å²) in [6, 6.07) is 3.84. The fraction of sp³-hybridized carbons (Fsp3) is 0.588. The fourth-order valence-electron chi connectivity index (χ4n) is 2.43. The van der Waals surface area contributed by atoms with E-state index >= 15 is 0 Å². The maximum Gasteiger partial charge on any atom is 0.297 e. The maximum absolute atomic E-state index is 12.5. The van der Waals surface area contributed by atoms with Crippen LogP contribution in [0.15, 0.2) is 17.0 Å². The molecule has 0 amide bonds. The van der Waals surface area contributed by atoms with Gasteiger partial charge in [0.25, 0.3) is 10.1 Å². The molecule has 0 aromatic heterocycles. The van der Waals surface area contributed by atoms with Crippen molar-refractivity contribution in [2.45, 2.75) is 64.7 Å². The van der Waals surface area contributed by atoms with Gasteiger partial charge in [-0.25, -0.2) is 0 Å². The molecule has 124 valence electrons. The Balaban J connectivity index is 3.19. The van der Waals surface area contributed by atoms with Gasteiger partial charge in [0.2, 0.25) is 0 Å². The second kappa shape index (κ2) is 8.44. The number of hydrogen-bond acceptors (Lipinski definition) is 4. The normalized spacial score (nSPS) is 11.6. The molecule has 0 unspecified atom stereocenters. The lowest BCUT2D eigenvalue weighted by atomic mass is 10.0. The topological polar surface area (TPSA) is 60.4 Å². The Labute approximate surface area is 134 Å². The van der Waals surface area contributed by atoms with E-state index in [1.165, 1.54) is 0 Å². The summed E-state index contributed by atoms with van der Waals surface area (Å²) in [7, 11) is -3.90. The third-order valence-corrected chi connectivity index (χ3v) is 5.08. The highest BCUT2D eigenvalue weighted by atomic mass is 32.2. The highest BCUT2D eigenvalue weighted by molar-refractivity contribution is 7.86. The predicted octanol–water partition coefficient (Wildman–Crippen LogP) is 3.45. The summed E-state index contributed by atoms with van der Waals surface area (Å²) in [4.78, 5) is 11.8. The zero-order valence-electron chi connectivity index (χ0n) is 13.9. The van der Waals surface area contributed by atoms with Gasteiger partial charge in [0.1, 0.15) is 11.5 Å². The van der Waals surface area contributed by atoms with Crippen molar-refractivity contribution in [3.63, 3.8) is 0 Å². The monoisotopic (exact) mass is 326 g/mol. The molecular weight excluding hydrogens is 300 g/mol. The van der Waals surface area contributed by atoms with E-state index in [1.807, 2.05) is 39.8 Å². The summed E-state index contributed by atoms with van der Waals surface area (Å²) in [5, 5.41) is 0. The second-order valence-corrected chi connectivity index (χ2v) is 6.86. The molecule has 4 nitrogen and oxygen atoms in total. The number of ketones is 1. The first-order chi connectivity index (χ1) is 10.4. The molecule has 0 atom stereocenters. The molecule has 1 aromatic rings. The average molecular weight is 326 g/mol. The minimum absolute atomic E-state index is 0.188. The molecule has 0 aliphatic rings. The lowest BCUT2D eigenvalue weighted by Gasteiger charge is -2.15. The van der Waals surface area contributed by atoms with E-state index in [0.717, 1.165) is 23.1 Å². The van der Waals surface area contributed by atoms with E-state index in [1.54, 1.807) is 0 Å². The Kier molecular flexibility index (Phi) is 7.23. The van der Waals surface area contributed by atoms with Gasteiger partial charge in [-0.3, -0.25) is 8.98 Å². The average Bonchev–Trinajstić information content (AvgIpc) is 2.51. The number of rotatable bonds is 9. The minimum atomic E-state index is -3.90. The maximum atomic E-state index is 12.5. The molecule has 0 N–H and O–H groups in total. The molecule has 0 saturated carbocycles. The highest BCUT2D eigenvalue weighted by Gasteiger charge is 2.24. The zero-order chi connectivity index (χ0) is 16.8. The smallest absolute Gasteiger partial charge is 0.297 e. The Morgan fingerprint density at radius 1 is 1.00 bits per heavy atom. The molecule has 0 spiro atoms. The van der Waals surface area contributed by atoms with Crippen molar-refractivity contribution in [3.05, 3.63) is 28.8 Å². The Morgan fingerprint density at radius 3 is 1.95 bits per heavy atom. The molecule has 0 heterocycles. The van der Waals surface area contributed by atoms with Crippen molar-refractivity contribution in [3.8, 4) is 0 Å². The molecule has 1 aromatic carbocycles. The first kappa shape index (κ1) is 18.8. The quantitative estimate of drug-likeness (QED) is 0.652. The lowest BCUT2D eigenvalue weighted by molar-refractivity contribution is -0.121. The van der Waals surface area contributed by atoms with Crippen LogP contribution in [0.4, 0.5) is 0 Å². The SMILES string of the molecule is CCCC(=O)COS(=O)(=O)c1c(CC)cc(CC)cc1CC. The van der Waals surface area contributed by atoms with Gasteiger partial charge in [-0.05, 0) is 42.4 Å². The van der Waals surface area contributed by atoms with Crippen LogP contribution < -0.4 is 0 Å². The fourth-order valence-corrected chi connectivity index (χ4v) is 3.88. The van der Waals surface area contributed by atoms with Crippen LogP contribution in [-0.2, 0) is 38.4 Å². The van der Waals surface area contributed by atoms with E-state index in [2.05, 4.69) is 0 Å². The molecule has 0 saturated heterocycles. The van der Waals surface area contributed by atoms with Gasteiger partial charge < -0.3 is 0 Å². The standard InChI is InChI=1S/C17H26O4S/c1-5-9-16(18)12-21-22(19,20)17-14(7-3)10-13(6-2)11-15(17)8-4/h10-11H,5-9,12H2,1-4H3. The summed E-state index contributed by atoms with van der Waals surface area (Å²) in [6.07, 6.45) is 3.11. The minimum Gasteiger partial charge on any atom is -0.297 e. The van der Waals surface area contributed by atoms with Gasteiger partial charge >= 0.3 is 0 Å². The van der Waals surface area contributed by atoms with Gasteiger partial charge in [0, 0.05) is 6.42 Å². The van der Waals surface area contributed by atoms with Crippen LogP contribution in [0.25, 0.3) is 0 Å². The molecular formula is C17H26O4S. The van der Waals surface area contributed by atoms with Gasteiger partial charge in [-0.15, -0.1) is 0 Å². The predicted molar refractivity (Wildman–Crippen MR) is 87.6 cm³/mol. The zero-order valence-corrected chi connectivity index (χ0v) is 14.8. The summed E-state index contributed by atoms with van der Waals surface area (Å²) < 4.78 is 30.1. The Morgan fingerprint density at radius 2 is 1.55 bits per heavy atom. The summed E-state index contributed by atoms with van der Waals surface area (Å²) in [5.41, 5.74) is 2.65. The van der Waals surface area contributed by atoms with Crippen molar-refractivity contribution in [1.29, 1.82) is 0 Å². The van der Waals surface area contributed by atoms with Crippen molar-refractivity contribution in [2.24, 2.45) is 0 Å². The molecule has 1 rings (SSSR count). The highest BCUT2D eigenvalue weighted by Crippen LogP contribution is 2.26. The molecule has 0 aliphatic heterocycles. The van der Waals surface area contributed by atoms with Crippen LogP contribution >= 0.6 is 0 Å². The first-order valence-corrected chi connectivity index (χ1v) is 9.36. The van der Waals surface area contributed by atoms with Crippen LogP contribution in [0.3, 0.4) is 0 Å². The molecule has 0 bridgehead atoms. The molecule has 0 fully saturated rings. The Hall–Kier alpha value is -1.20. The van der Waals surface area contributed by atoms with Crippen LogP contribution in [0.1, 0.15) is 57.2 Å². The largest absolute Gasteiger partial charge is 0.297 e. The van der Waals surface area contributed by atoms with Crippen molar-refractivity contribution in [1.82, 2.24) is 0 Å². The third-order valence-electron chi connectivity index (χ3n) is 3.63. The molecule has 0 radical (unpaired) electrons. The van der Waals surface area contributed by atoms with Gasteiger partial charge in [-0.1, -0.05) is 39.8 Å². The van der Waals surface area contributed by atoms with E-state index in [0.29, 0.717) is 25.7 Å². The van der Waals surface area contributed by atoms with E-state index in [9.17, 15) is 13.2 Å². The number of Topliss-reactive ketones (excluding diaryl/α,β-unsaturated/α-hetero) is 1. The molecule has 22 heavy (non-hydrogen) atoms. The van der Waals surface area contributed by atoms with Gasteiger partial charge in [-0.2, -0.15) is 8.42 Å². The van der Waals surface area contributed by atoms with Crippen molar-refractivity contribution < 1.29 is 17.4 Å². The number of benzene rings is 1. The van der Waals surface area contributed by atoms with Crippen molar-refractivity contribution >= 4 is 15.9 Å². The third kappa shape index (κ3) is 4.65. The van der Waals surface area contributed by atoms with Gasteiger partial charge in [0.15, 0.2) is 5.78 Å². The number of carbonyl (C=O) groups excluding carboxylic acids is 1. The van der Waals surface area contributed by atoms with Crippen LogP contribution in [0.2, 0.25) is 0 Å². The summed E-state index contributed by atoms with van der Waals surface area (Å²) >= 11 is 0. The van der Waals surface area contributed by atoms with Crippen LogP contribution in [-0.4, -0.2) is 20.8 Å². The summed E-state index contributed by atoms with van der Waals surface area (Å²) in [5.74, 6) is -0.188. The van der Waals surface area contributed by atoms with Crippen molar-refractivity contribution in [2.75, 3.05) is 6.61 Å². The number of hydrogen-bond donors (Lipinski definition) is 0. The number of aryl methyl sites for hydroxylation is 3. The van der Waals surface area contributed by atoms with E-state index in [-0.39, 0.29) is 17.3 Å². The van der Waals surface area contributed by atoms with Gasteiger partial charge in [0.05, 0.1) is 0 Å². The van der Waals surface area contributed by atoms with E-state index in [4.69, 9.17) is 4.18 Å². The van der Waals surface area contributed by atoms with E-state index < -0.39 is 10.1 Å². The summed E-state index contributed by atoms with van der Waals surface area (Å²) in [6.45, 7) is 7.39. The van der Waals surface area contributed by atoms with Crippen LogP contribution in [0, 0.1) is 0 Å². The lowest BCUT2D eigenvalue weighted by Crippen LogP contribution is -2.17. The first-order valence-electron chi connectivity index (χ1n) is 7.95.